The third kappa shape index (κ3) is 3.17. The van der Waals surface area contributed by atoms with Crippen LogP contribution in [0.3, 0.4) is 0 Å². The van der Waals surface area contributed by atoms with Crippen molar-refractivity contribution in [3.63, 3.8) is 0 Å². The molecule has 1 aromatic rings. The average molecular weight is 238 g/mol. The SMILES string of the molecule is COc1nc(C)cc(=O)n1CC=C(C)C(=O)O. The van der Waals surface area contributed by atoms with Crippen molar-refractivity contribution in [2.75, 3.05) is 7.11 Å². The van der Waals surface area contributed by atoms with Gasteiger partial charge in [0, 0.05) is 23.9 Å². The van der Waals surface area contributed by atoms with Gasteiger partial charge in [-0.2, -0.15) is 0 Å². The van der Waals surface area contributed by atoms with Crippen LogP contribution < -0.4 is 10.3 Å². The zero-order valence-electron chi connectivity index (χ0n) is 9.93. The Morgan fingerprint density at radius 3 is 2.82 bits per heavy atom. The minimum atomic E-state index is -1.02. The molecular weight excluding hydrogens is 224 g/mol. The molecule has 17 heavy (non-hydrogen) atoms. The lowest BCUT2D eigenvalue weighted by molar-refractivity contribution is -0.132. The van der Waals surface area contributed by atoms with Crippen LogP contribution in [0, 0.1) is 6.92 Å². The van der Waals surface area contributed by atoms with Gasteiger partial charge in [0.05, 0.1) is 7.11 Å². The fourth-order valence-electron chi connectivity index (χ4n) is 1.23. The molecule has 0 saturated heterocycles. The van der Waals surface area contributed by atoms with Crippen molar-refractivity contribution >= 4 is 5.97 Å². The lowest BCUT2D eigenvalue weighted by Gasteiger charge is -2.08. The number of hydrogen-bond donors (Lipinski definition) is 1. The lowest BCUT2D eigenvalue weighted by Crippen LogP contribution is -2.22. The molecule has 1 heterocycles. The molecule has 1 aromatic heterocycles. The number of carboxylic acids is 1. The van der Waals surface area contributed by atoms with E-state index in [1.54, 1.807) is 6.92 Å². The molecule has 0 unspecified atom stereocenters. The highest BCUT2D eigenvalue weighted by Crippen LogP contribution is 2.05. The van der Waals surface area contributed by atoms with Crippen LogP contribution in [-0.2, 0) is 11.3 Å². The minimum Gasteiger partial charge on any atom is -0.478 e. The number of carbonyl (C=O) groups is 1. The molecule has 0 spiro atoms. The normalized spacial score (nSPS) is 11.4. The van der Waals surface area contributed by atoms with Crippen molar-refractivity contribution in [2.24, 2.45) is 0 Å². The van der Waals surface area contributed by atoms with Gasteiger partial charge in [0.25, 0.3) is 11.6 Å². The Morgan fingerprint density at radius 2 is 2.29 bits per heavy atom. The lowest BCUT2D eigenvalue weighted by atomic mass is 10.3. The van der Waals surface area contributed by atoms with Gasteiger partial charge in [0.2, 0.25) is 0 Å². The topological polar surface area (TPSA) is 81.4 Å². The van der Waals surface area contributed by atoms with Gasteiger partial charge in [-0.25, -0.2) is 9.78 Å². The van der Waals surface area contributed by atoms with Crippen molar-refractivity contribution in [3.8, 4) is 6.01 Å². The summed E-state index contributed by atoms with van der Waals surface area (Å²) in [6.45, 7) is 3.27. The van der Waals surface area contributed by atoms with E-state index in [1.807, 2.05) is 0 Å². The Bertz CT molecular complexity index is 517. The number of aromatic nitrogens is 2. The van der Waals surface area contributed by atoms with E-state index >= 15 is 0 Å². The van der Waals surface area contributed by atoms with Crippen LogP contribution in [0.5, 0.6) is 6.01 Å². The van der Waals surface area contributed by atoms with Crippen LogP contribution in [0.1, 0.15) is 12.6 Å². The zero-order chi connectivity index (χ0) is 13.0. The van der Waals surface area contributed by atoms with Gasteiger partial charge in [-0.1, -0.05) is 6.08 Å². The van der Waals surface area contributed by atoms with Crippen molar-refractivity contribution in [3.05, 3.63) is 33.8 Å². The molecule has 0 aliphatic carbocycles. The van der Waals surface area contributed by atoms with Crippen molar-refractivity contribution in [2.45, 2.75) is 20.4 Å². The van der Waals surface area contributed by atoms with Crippen LogP contribution in [-0.4, -0.2) is 27.7 Å². The van der Waals surface area contributed by atoms with E-state index in [0.29, 0.717) is 5.69 Å². The number of allylic oxidation sites excluding steroid dienone is 1. The van der Waals surface area contributed by atoms with E-state index in [2.05, 4.69) is 4.98 Å². The predicted octanol–water partition coefficient (Wildman–Crippen LogP) is 0.591. The summed E-state index contributed by atoms with van der Waals surface area (Å²) in [6, 6.07) is 1.54. The predicted molar refractivity (Wildman–Crippen MR) is 61.2 cm³/mol. The van der Waals surface area contributed by atoms with Crippen molar-refractivity contribution in [1.82, 2.24) is 9.55 Å². The van der Waals surface area contributed by atoms with E-state index in [4.69, 9.17) is 9.84 Å². The third-order valence-corrected chi connectivity index (χ3v) is 2.20. The second kappa shape index (κ2) is 5.29. The molecule has 92 valence electrons. The second-order valence-corrected chi connectivity index (χ2v) is 3.53. The number of carboxylic acid groups (broad SMARTS) is 1. The first kappa shape index (κ1) is 13.0. The number of rotatable bonds is 4. The molecule has 1 rings (SSSR count). The Balaban J connectivity index is 3.11. The number of aliphatic carboxylic acids is 1. The van der Waals surface area contributed by atoms with Gasteiger partial charge in [0.15, 0.2) is 0 Å². The van der Waals surface area contributed by atoms with Gasteiger partial charge >= 0.3 is 5.97 Å². The van der Waals surface area contributed by atoms with Gasteiger partial charge in [-0.05, 0) is 13.8 Å². The van der Waals surface area contributed by atoms with E-state index in [9.17, 15) is 9.59 Å². The zero-order valence-corrected chi connectivity index (χ0v) is 9.93. The first-order chi connectivity index (χ1) is 7.95. The summed E-state index contributed by atoms with van der Waals surface area (Å²) in [7, 11) is 1.41. The highest BCUT2D eigenvalue weighted by atomic mass is 16.5. The number of ether oxygens (including phenoxy) is 1. The molecule has 0 aliphatic rings. The van der Waals surface area contributed by atoms with E-state index in [-0.39, 0.29) is 23.7 Å². The third-order valence-electron chi connectivity index (χ3n) is 2.20. The number of aryl methyl sites for hydroxylation is 1. The van der Waals surface area contributed by atoms with Crippen LogP contribution in [0.25, 0.3) is 0 Å². The molecule has 0 aromatic carbocycles. The highest BCUT2D eigenvalue weighted by Gasteiger charge is 2.07. The molecule has 0 saturated carbocycles. The molecule has 6 nitrogen and oxygen atoms in total. The van der Waals surface area contributed by atoms with Gasteiger partial charge in [-0.15, -0.1) is 0 Å². The quantitative estimate of drug-likeness (QED) is 0.776. The second-order valence-electron chi connectivity index (χ2n) is 3.53. The fourth-order valence-corrected chi connectivity index (χ4v) is 1.23. The standard InChI is InChI=1S/C11H14N2O4/c1-7(10(15)16)4-5-13-9(14)6-8(2)12-11(13)17-3/h4,6H,5H2,1-3H3,(H,15,16). The van der Waals surface area contributed by atoms with Gasteiger partial charge in [-0.3, -0.25) is 9.36 Å². The van der Waals surface area contributed by atoms with Crippen LogP contribution in [0.2, 0.25) is 0 Å². The molecule has 0 amide bonds. The summed E-state index contributed by atoms with van der Waals surface area (Å²) in [4.78, 5) is 26.3. The summed E-state index contributed by atoms with van der Waals surface area (Å²) in [5, 5.41) is 8.70. The van der Waals surface area contributed by atoms with Gasteiger partial charge in [0.1, 0.15) is 0 Å². The van der Waals surface area contributed by atoms with E-state index < -0.39 is 5.97 Å². The summed E-state index contributed by atoms with van der Waals surface area (Å²) in [5.74, 6) is -1.02. The van der Waals surface area contributed by atoms with E-state index in [0.717, 1.165) is 0 Å². The van der Waals surface area contributed by atoms with Crippen LogP contribution in [0.4, 0.5) is 0 Å². The maximum Gasteiger partial charge on any atom is 0.331 e. The highest BCUT2D eigenvalue weighted by molar-refractivity contribution is 5.85. The molecule has 6 heteroatoms. The van der Waals surface area contributed by atoms with Crippen molar-refractivity contribution < 1.29 is 14.6 Å². The minimum absolute atomic E-state index is 0.118. The Kier molecular flexibility index (Phi) is 4.03. The molecule has 0 aliphatic heterocycles. The summed E-state index contributed by atoms with van der Waals surface area (Å²) >= 11 is 0. The molecule has 0 bridgehead atoms. The Hall–Kier alpha value is -2.11. The Morgan fingerprint density at radius 1 is 1.65 bits per heavy atom. The largest absolute Gasteiger partial charge is 0.478 e. The fraction of sp³-hybridized carbons (Fsp3) is 0.364. The maximum atomic E-state index is 11.7. The molecule has 0 radical (unpaired) electrons. The molecule has 1 N–H and O–H groups in total. The molecule has 0 atom stereocenters. The average Bonchev–Trinajstić information content (AvgIpc) is 2.26. The first-order valence-electron chi connectivity index (χ1n) is 4.98. The number of nitrogens with zero attached hydrogens (tertiary/aromatic N) is 2. The molecule has 0 fully saturated rings. The van der Waals surface area contributed by atoms with Gasteiger partial charge < -0.3 is 9.84 Å². The van der Waals surface area contributed by atoms with Crippen molar-refractivity contribution in [1.29, 1.82) is 0 Å². The number of hydrogen-bond acceptors (Lipinski definition) is 4. The monoisotopic (exact) mass is 238 g/mol. The number of methoxy groups -OCH3 is 1. The van der Waals surface area contributed by atoms with Crippen LogP contribution in [0.15, 0.2) is 22.5 Å². The Labute approximate surface area is 98.2 Å². The summed E-state index contributed by atoms with van der Waals surface area (Å²) in [6.07, 6.45) is 1.43. The smallest absolute Gasteiger partial charge is 0.331 e. The maximum absolute atomic E-state index is 11.7. The summed E-state index contributed by atoms with van der Waals surface area (Å²) < 4.78 is 6.24. The van der Waals surface area contributed by atoms with Crippen LogP contribution >= 0.6 is 0 Å². The summed E-state index contributed by atoms with van der Waals surface area (Å²) in [5.41, 5.74) is 0.449. The van der Waals surface area contributed by atoms with E-state index in [1.165, 1.54) is 30.7 Å². The first-order valence-corrected chi connectivity index (χ1v) is 4.98. The molecular formula is C11H14N2O4.